The van der Waals surface area contributed by atoms with Gasteiger partial charge >= 0.3 is 0 Å². The molecule has 0 N–H and O–H groups in total. The molecule has 86 valence electrons. The quantitative estimate of drug-likeness (QED) is 0.670. The van der Waals surface area contributed by atoms with Crippen LogP contribution in [-0.2, 0) is 4.79 Å². The lowest BCUT2D eigenvalue weighted by Gasteiger charge is -2.25. The van der Waals surface area contributed by atoms with Crippen molar-refractivity contribution in [3.63, 3.8) is 0 Å². The molecule has 0 aromatic carbocycles. The maximum Gasteiger partial charge on any atom is 0.139 e. The van der Waals surface area contributed by atoms with Crippen LogP contribution in [0.3, 0.4) is 0 Å². The highest BCUT2D eigenvalue weighted by molar-refractivity contribution is 7.40. The van der Waals surface area contributed by atoms with Crippen LogP contribution in [0.5, 0.6) is 0 Å². The Morgan fingerprint density at radius 1 is 1.00 bits per heavy atom. The van der Waals surface area contributed by atoms with E-state index in [9.17, 15) is 4.79 Å². The largest absolute Gasteiger partial charge is 0.299 e. The van der Waals surface area contributed by atoms with Gasteiger partial charge < -0.3 is 0 Å². The van der Waals surface area contributed by atoms with Crippen molar-refractivity contribution in [1.29, 1.82) is 0 Å². The van der Waals surface area contributed by atoms with Crippen molar-refractivity contribution in [3.05, 3.63) is 0 Å². The molecule has 0 saturated heterocycles. The predicted octanol–water partition coefficient (Wildman–Crippen LogP) is 3.76. The Labute approximate surface area is 95.2 Å². The van der Waals surface area contributed by atoms with E-state index in [0.29, 0.717) is 11.4 Å². The summed E-state index contributed by atoms with van der Waals surface area (Å²) < 4.78 is 0. The Kier molecular flexibility index (Phi) is 4.62. The van der Waals surface area contributed by atoms with E-state index in [1.165, 1.54) is 51.1 Å². The van der Waals surface area contributed by atoms with E-state index in [4.69, 9.17) is 0 Å². The highest BCUT2D eigenvalue weighted by Gasteiger charge is 2.23. The summed E-state index contributed by atoms with van der Waals surface area (Å²) in [6.07, 6.45) is 13.1. The Morgan fingerprint density at radius 3 is 2.47 bits per heavy atom. The standard InChI is InChI=1S/C13H23OP/c14-12-8-4-5-9-13(12)15-10-11-6-2-1-3-7-11/h11,13,15H,1-10H2. The molecular weight excluding hydrogens is 203 g/mol. The van der Waals surface area contributed by atoms with Crippen LogP contribution in [0, 0.1) is 5.92 Å². The zero-order chi connectivity index (χ0) is 10.5. The minimum absolute atomic E-state index is 0.473. The molecule has 2 rings (SSSR count). The van der Waals surface area contributed by atoms with Gasteiger partial charge in [-0.1, -0.05) is 38.5 Å². The van der Waals surface area contributed by atoms with E-state index in [-0.39, 0.29) is 0 Å². The van der Waals surface area contributed by atoms with Gasteiger partial charge in [-0.15, -0.1) is 8.58 Å². The third-order valence-corrected chi connectivity index (χ3v) is 5.85. The van der Waals surface area contributed by atoms with Gasteiger partial charge in [-0.25, -0.2) is 0 Å². The molecule has 2 heteroatoms. The third kappa shape index (κ3) is 3.55. The number of rotatable bonds is 3. The summed E-state index contributed by atoms with van der Waals surface area (Å²) in [5.41, 5.74) is 0.473. The van der Waals surface area contributed by atoms with Crippen LogP contribution in [0.15, 0.2) is 0 Å². The summed E-state index contributed by atoms with van der Waals surface area (Å²) in [7, 11) is 0.943. The van der Waals surface area contributed by atoms with E-state index < -0.39 is 0 Å². The maximum absolute atomic E-state index is 11.7. The van der Waals surface area contributed by atoms with E-state index in [0.717, 1.165) is 27.3 Å². The van der Waals surface area contributed by atoms with Gasteiger partial charge in [-0.05, 0) is 24.9 Å². The maximum atomic E-state index is 11.7. The van der Waals surface area contributed by atoms with Crippen molar-refractivity contribution in [3.8, 4) is 0 Å². The van der Waals surface area contributed by atoms with Gasteiger partial charge in [0.2, 0.25) is 0 Å². The molecule has 0 aromatic rings. The minimum Gasteiger partial charge on any atom is -0.299 e. The molecule has 0 aliphatic heterocycles. The molecule has 15 heavy (non-hydrogen) atoms. The minimum atomic E-state index is 0.473. The van der Waals surface area contributed by atoms with Crippen LogP contribution in [0.4, 0.5) is 0 Å². The normalized spacial score (nSPS) is 30.1. The molecule has 2 saturated carbocycles. The topological polar surface area (TPSA) is 17.1 Å². The number of hydrogen-bond donors (Lipinski definition) is 0. The highest BCUT2D eigenvalue weighted by Crippen LogP contribution is 2.35. The molecule has 0 amide bonds. The first-order valence-corrected chi connectivity index (χ1v) is 7.91. The van der Waals surface area contributed by atoms with Crippen molar-refractivity contribution >= 4 is 14.4 Å². The monoisotopic (exact) mass is 226 g/mol. The van der Waals surface area contributed by atoms with Crippen LogP contribution >= 0.6 is 8.58 Å². The van der Waals surface area contributed by atoms with E-state index >= 15 is 0 Å². The average Bonchev–Trinajstić information content (AvgIpc) is 2.29. The fourth-order valence-electron chi connectivity index (χ4n) is 2.90. The third-order valence-electron chi connectivity index (χ3n) is 3.93. The zero-order valence-electron chi connectivity index (χ0n) is 9.63. The second kappa shape index (κ2) is 5.99. The first-order valence-electron chi connectivity index (χ1n) is 6.62. The lowest BCUT2D eigenvalue weighted by atomic mass is 9.91. The van der Waals surface area contributed by atoms with Gasteiger partial charge in [0.15, 0.2) is 0 Å². The van der Waals surface area contributed by atoms with Crippen LogP contribution in [0.25, 0.3) is 0 Å². The molecular formula is C13H23OP. The highest BCUT2D eigenvalue weighted by atomic mass is 31.1. The van der Waals surface area contributed by atoms with E-state index in [1.807, 2.05) is 0 Å². The molecule has 0 radical (unpaired) electrons. The Bertz CT molecular complexity index is 209. The lowest BCUT2D eigenvalue weighted by molar-refractivity contribution is -0.119. The molecule has 0 spiro atoms. The van der Waals surface area contributed by atoms with Crippen LogP contribution in [-0.4, -0.2) is 17.6 Å². The van der Waals surface area contributed by atoms with Gasteiger partial charge in [0.25, 0.3) is 0 Å². The van der Waals surface area contributed by atoms with Crippen molar-refractivity contribution < 1.29 is 4.79 Å². The van der Waals surface area contributed by atoms with Crippen molar-refractivity contribution in [1.82, 2.24) is 0 Å². The van der Waals surface area contributed by atoms with Crippen molar-refractivity contribution in [2.24, 2.45) is 5.92 Å². The van der Waals surface area contributed by atoms with Gasteiger partial charge in [0, 0.05) is 12.1 Å². The van der Waals surface area contributed by atoms with Crippen LogP contribution in [0.2, 0.25) is 0 Å². The lowest BCUT2D eigenvalue weighted by Crippen LogP contribution is -2.21. The first-order chi connectivity index (χ1) is 7.36. The fourth-order valence-corrected chi connectivity index (χ4v) is 4.71. The fraction of sp³-hybridized carbons (Fsp3) is 0.923. The molecule has 2 unspecified atom stereocenters. The Hall–Kier alpha value is 0.100. The predicted molar refractivity (Wildman–Crippen MR) is 67.0 cm³/mol. The molecule has 1 nitrogen and oxygen atoms in total. The van der Waals surface area contributed by atoms with Crippen molar-refractivity contribution in [2.45, 2.75) is 63.4 Å². The number of carbonyl (C=O) groups excluding carboxylic acids is 1. The molecule has 2 aliphatic carbocycles. The zero-order valence-corrected chi connectivity index (χ0v) is 10.6. The van der Waals surface area contributed by atoms with Gasteiger partial charge in [0.1, 0.15) is 5.78 Å². The average molecular weight is 226 g/mol. The summed E-state index contributed by atoms with van der Waals surface area (Å²) in [5.74, 6) is 1.54. The molecule has 0 bridgehead atoms. The smallest absolute Gasteiger partial charge is 0.139 e. The number of carbonyl (C=O) groups is 1. The van der Waals surface area contributed by atoms with Crippen LogP contribution < -0.4 is 0 Å². The second-order valence-corrected chi connectivity index (χ2v) is 6.69. The van der Waals surface area contributed by atoms with Gasteiger partial charge in [-0.2, -0.15) is 0 Å². The Balaban J connectivity index is 1.69. The SMILES string of the molecule is O=C1CCCCC1PCC1CCCCC1. The first kappa shape index (κ1) is 11.6. The Morgan fingerprint density at radius 2 is 1.73 bits per heavy atom. The molecule has 2 aliphatic rings. The summed E-state index contributed by atoms with van der Waals surface area (Å²) in [5, 5.41) is 0. The molecule has 2 fully saturated rings. The summed E-state index contributed by atoms with van der Waals surface area (Å²) in [6.45, 7) is 0. The van der Waals surface area contributed by atoms with Gasteiger partial charge in [-0.3, -0.25) is 4.79 Å². The molecule has 2 atom stereocenters. The van der Waals surface area contributed by atoms with Gasteiger partial charge in [0.05, 0.1) is 0 Å². The van der Waals surface area contributed by atoms with Crippen molar-refractivity contribution in [2.75, 3.05) is 6.16 Å². The number of ketones is 1. The molecule has 0 aromatic heterocycles. The summed E-state index contributed by atoms with van der Waals surface area (Å²) in [4.78, 5) is 11.7. The number of hydrogen-bond acceptors (Lipinski definition) is 1. The number of Topliss-reactive ketones (excluding diaryl/α,β-unsaturated/α-hetero) is 1. The molecule has 0 heterocycles. The van der Waals surface area contributed by atoms with E-state index in [2.05, 4.69) is 0 Å². The van der Waals surface area contributed by atoms with E-state index in [1.54, 1.807) is 0 Å². The van der Waals surface area contributed by atoms with Crippen LogP contribution in [0.1, 0.15) is 57.8 Å². The second-order valence-electron chi connectivity index (χ2n) is 5.18. The summed E-state index contributed by atoms with van der Waals surface area (Å²) >= 11 is 0. The summed E-state index contributed by atoms with van der Waals surface area (Å²) in [6, 6.07) is 0.